The average molecular weight is 241 g/mol. The van der Waals surface area contributed by atoms with E-state index in [1.807, 2.05) is 18.2 Å². The number of sulfonamides is 1. The fraction of sp³-hybridized carbons (Fsp3) is 0.500. The predicted molar refractivity (Wildman–Crippen MR) is 61.4 cm³/mol. The highest BCUT2D eigenvalue weighted by Crippen LogP contribution is 2.16. The molecule has 5 nitrogen and oxygen atoms in total. The molecule has 1 unspecified atom stereocenters. The number of nitrogens with zero attached hydrogens (tertiary/aromatic N) is 2. The molecule has 2 rings (SSSR count). The van der Waals surface area contributed by atoms with Crippen molar-refractivity contribution < 1.29 is 8.42 Å². The zero-order valence-electron chi connectivity index (χ0n) is 9.13. The summed E-state index contributed by atoms with van der Waals surface area (Å²) in [5, 5.41) is 3.27. The van der Waals surface area contributed by atoms with Crippen molar-refractivity contribution in [2.45, 2.75) is 6.04 Å². The maximum atomic E-state index is 11.4. The van der Waals surface area contributed by atoms with Crippen LogP contribution in [0.2, 0.25) is 0 Å². The van der Waals surface area contributed by atoms with E-state index in [0.717, 1.165) is 5.69 Å². The summed E-state index contributed by atoms with van der Waals surface area (Å²) in [5.74, 6) is 0. The molecule has 1 atom stereocenters. The Labute approximate surface area is 95.5 Å². The first-order valence-corrected chi connectivity index (χ1v) is 7.01. The van der Waals surface area contributed by atoms with Crippen LogP contribution in [0, 0.1) is 0 Å². The summed E-state index contributed by atoms with van der Waals surface area (Å²) < 4.78 is 24.4. The molecule has 88 valence electrons. The Morgan fingerprint density at radius 1 is 1.50 bits per heavy atom. The van der Waals surface area contributed by atoms with Crippen LogP contribution in [0.1, 0.15) is 11.7 Å². The van der Waals surface area contributed by atoms with E-state index in [4.69, 9.17) is 0 Å². The van der Waals surface area contributed by atoms with E-state index < -0.39 is 10.0 Å². The van der Waals surface area contributed by atoms with E-state index in [1.54, 1.807) is 6.20 Å². The van der Waals surface area contributed by atoms with Gasteiger partial charge in [-0.25, -0.2) is 8.42 Å². The summed E-state index contributed by atoms with van der Waals surface area (Å²) in [6.07, 6.45) is 2.96. The van der Waals surface area contributed by atoms with Gasteiger partial charge in [0.15, 0.2) is 0 Å². The van der Waals surface area contributed by atoms with Crippen LogP contribution >= 0.6 is 0 Å². The smallest absolute Gasteiger partial charge is 0.211 e. The maximum absolute atomic E-state index is 11.4. The highest BCUT2D eigenvalue weighted by molar-refractivity contribution is 7.88. The molecule has 16 heavy (non-hydrogen) atoms. The van der Waals surface area contributed by atoms with E-state index in [-0.39, 0.29) is 6.04 Å². The van der Waals surface area contributed by atoms with Crippen molar-refractivity contribution in [3.8, 4) is 0 Å². The van der Waals surface area contributed by atoms with Crippen molar-refractivity contribution in [3.63, 3.8) is 0 Å². The Bertz CT molecular complexity index is 446. The largest absolute Gasteiger partial charge is 0.306 e. The van der Waals surface area contributed by atoms with Gasteiger partial charge in [0.25, 0.3) is 0 Å². The summed E-state index contributed by atoms with van der Waals surface area (Å²) in [5.41, 5.74) is 0.885. The maximum Gasteiger partial charge on any atom is 0.211 e. The van der Waals surface area contributed by atoms with E-state index in [1.165, 1.54) is 10.6 Å². The molecule has 1 aliphatic heterocycles. The normalized spacial score (nSPS) is 23.2. The van der Waals surface area contributed by atoms with Crippen molar-refractivity contribution in [2.75, 3.05) is 25.9 Å². The molecule has 0 aliphatic carbocycles. The number of aromatic nitrogens is 1. The molecule has 0 spiro atoms. The lowest BCUT2D eigenvalue weighted by molar-refractivity contribution is 0.300. The number of piperazine rings is 1. The molecular weight excluding hydrogens is 226 g/mol. The van der Waals surface area contributed by atoms with Crippen LogP contribution in [0.15, 0.2) is 24.4 Å². The molecule has 1 aliphatic rings. The molecule has 1 N–H and O–H groups in total. The second-order valence-corrected chi connectivity index (χ2v) is 5.86. The van der Waals surface area contributed by atoms with Gasteiger partial charge in [-0.2, -0.15) is 4.31 Å². The van der Waals surface area contributed by atoms with Crippen molar-refractivity contribution in [2.24, 2.45) is 0 Å². The molecule has 1 fully saturated rings. The fourth-order valence-corrected chi connectivity index (χ4v) is 2.65. The monoisotopic (exact) mass is 241 g/mol. The van der Waals surface area contributed by atoms with Gasteiger partial charge in [0, 0.05) is 25.8 Å². The van der Waals surface area contributed by atoms with E-state index in [2.05, 4.69) is 10.3 Å². The lowest BCUT2D eigenvalue weighted by Gasteiger charge is -2.31. The summed E-state index contributed by atoms with van der Waals surface area (Å²) >= 11 is 0. The van der Waals surface area contributed by atoms with Crippen LogP contribution in [0.5, 0.6) is 0 Å². The molecule has 0 radical (unpaired) electrons. The second kappa shape index (κ2) is 4.48. The SMILES string of the molecule is CS(=O)(=O)N1CCNC(c2ccccn2)C1. The Balaban J connectivity index is 2.14. The molecule has 0 aromatic carbocycles. The van der Waals surface area contributed by atoms with Crippen molar-refractivity contribution in [1.82, 2.24) is 14.6 Å². The first-order valence-electron chi connectivity index (χ1n) is 5.17. The fourth-order valence-electron chi connectivity index (χ4n) is 1.80. The third kappa shape index (κ3) is 2.58. The third-order valence-corrected chi connectivity index (χ3v) is 3.92. The van der Waals surface area contributed by atoms with Crippen LogP contribution < -0.4 is 5.32 Å². The van der Waals surface area contributed by atoms with Crippen LogP contribution in [0.4, 0.5) is 0 Å². The Morgan fingerprint density at radius 2 is 2.31 bits per heavy atom. The highest BCUT2D eigenvalue weighted by atomic mass is 32.2. The van der Waals surface area contributed by atoms with Gasteiger partial charge in [0.05, 0.1) is 18.0 Å². The van der Waals surface area contributed by atoms with Crippen LogP contribution in [0.3, 0.4) is 0 Å². The lowest BCUT2D eigenvalue weighted by atomic mass is 10.1. The lowest BCUT2D eigenvalue weighted by Crippen LogP contribution is -2.48. The van der Waals surface area contributed by atoms with E-state index in [9.17, 15) is 8.42 Å². The van der Waals surface area contributed by atoms with Gasteiger partial charge in [-0.3, -0.25) is 4.98 Å². The number of rotatable bonds is 2. The topological polar surface area (TPSA) is 62.3 Å². The highest BCUT2D eigenvalue weighted by Gasteiger charge is 2.26. The second-order valence-electron chi connectivity index (χ2n) is 3.88. The average Bonchev–Trinajstić information content (AvgIpc) is 2.29. The molecule has 0 bridgehead atoms. The molecule has 0 saturated carbocycles. The minimum absolute atomic E-state index is 0.00956. The van der Waals surface area contributed by atoms with Crippen LogP contribution in [-0.4, -0.2) is 43.6 Å². The molecular formula is C10H15N3O2S. The quantitative estimate of drug-likeness (QED) is 0.791. The van der Waals surface area contributed by atoms with Gasteiger partial charge in [0.2, 0.25) is 10.0 Å². The molecule has 1 saturated heterocycles. The van der Waals surface area contributed by atoms with E-state index >= 15 is 0 Å². The Kier molecular flexibility index (Phi) is 3.22. The van der Waals surface area contributed by atoms with Crippen LogP contribution in [-0.2, 0) is 10.0 Å². The van der Waals surface area contributed by atoms with E-state index in [0.29, 0.717) is 19.6 Å². The first-order chi connectivity index (χ1) is 7.57. The van der Waals surface area contributed by atoms with Crippen molar-refractivity contribution in [3.05, 3.63) is 30.1 Å². The minimum Gasteiger partial charge on any atom is -0.306 e. The Morgan fingerprint density at radius 3 is 2.94 bits per heavy atom. The third-order valence-electron chi connectivity index (χ3n) is 2.65. The number of pyridine rings is 1. The predicted octanol–water partition coefficient (Wildman–Crippen LogP) is -0.0125. The zero-order valence-corrected chi connectivity index (χ0v) is 9.94. The standard InChI is InChI=1S/C10H15N3O2S/c1-16(14,15)13-7-6-12-10(8-13)9-4-2-3-5-11-9/h2-5,10,12H,6-8H2,1H3. The summed E-state index contributed by atoms with van der Waals surface area (Å²) in [4.78, 5) is 4.23. The zero-order chi connectivity index (χ0) is 11.6. The molecule has 1 aromatic rings. The van der Waals surface area contributed by atoms with Crippen LogP contribution in [0.25, 0.3) is 0 Å². The van der Waals surface area contributed by atoms with Crippen molar-refractivity contribution in [1.29, 1.82) is 0 Å². The van der Waals surface area contributed by atoms with Gasteiger partial charge in [-0.15, -0.1) is 0 Å². The van der Waals surface area contributed by atoms with Gasteiger partial charge < -0.3 is 5.32 Å². The first kappa shape index (κ1) is 11.5. The molecule has 1 aromatic heterocycles. The van der Waals surface area contributed by atoms with Gasteiger partial charge in [-0.05, 0) is 12.1 Å². The van der Waals surface area contributed by atoms with Gasteiger partial charge in [0.1, 0.15) is 0 Å². The minimum atomic E-state index is -3.10. The van der Waals surface area contributed by atoms with Crippen molar-refractivity contribution >= 4 is 10.0 Å². The summed E-state index contributed by atoms with van der Waals surface area (Å²) in [7, 11) is -3.10. The number of nitrogens with one attached hydrogen (secondary N) is 1. The number of hydrogen-bond donors (Lipinski definition) is 1. The molecule has 0 amide bonds. The number of hydrogen-bond acceptors (Lipinski definition) is 4. The summed E-state index contributed by atoms with van der Waals surface area (Å²) in [6.45, 7) is 1.65. The van der Waals surface area contributed by atoms with Gasteiger partial charge in [-0.1, -0.05) is 6.07 Å². The molecule has 6 heteroatoms. The van der Waals surface area contributed by atoms with Gasteiger partial charge >= 0.3 is 0 Å². The molecule has 2 heterocycles. The Hall–Kier alpha value is -0.980. The summed E-state index contributed by atoms with van der Waals surface area (Å²) in [6, 6.07) is 5.65.